The van der Waals surface area contributed by atoms with Crippen LogP contribution in [0.2, 0.25) is 0 Å². The second-order valence-electron chi connectivity index (χ2n) is 11.1. The lowest BCUT2D eigenvalue weighted by molar-refractivity contribution is -0.119. The first-order chi connectivity index (χ1) is 19.4. The number of benzene rings is 1. The van der Waals surface area contributed by atoms with Crippen molar-refractivity contribution in [2.45, 2.75) is 70.5 Å². The largest absolute Gasteiger partial charge is 0.490 e. The van der Waals surface area contributed by atoms with E-state index in [0.29, 0.717) is 54.7 Å². The first-order valence-corrected chi connectivity index (χ1v) is 15.4. The van der Waals surface area contributed by atoms with Crippen LogP contribution in [0.1, 0.15) is 63.1 Å². The van der Waals surface area contributed by atoms with E-state index in [2.05, 4.69) is 11.6 Å². The SMILES string of the molecule is C=C1CC[C@@H](Oc2ccc(C3CC(=O)NS(=O)(=O)C3)cc2)C/C=C\C=C/1Oc1ccc(OCCC(C)(C)O)nc1C. The van der Waals surface area contributed by atoms with Crippen LogP contribution in [0.15, 0.2) is 72.5 Å². The van der Waals surface area contributed by atoms with Gasteiger partial charge < -0.3 is 19.3 Å². The second-order valence-corrected chi connectivity index (χ2v) is 12.9. The van der Waals surface area contributed by atoms with Gasteiger partial charge in [-0.2, -0.15) is 0 Å². The molecule has 1 amide bonds. The van der Waals surface area contributed by atoms with Crippen LogP contribution in [0.4, 0.5) is 0 Å². The molecule has 1 saturated heterocycles. The normalized spacial score (nSPS) is 23.2. The van der Waals surface area contributed by atoms with Gasteiger partial charge in [-0.15, -0.1) is 0 Å². The van der Waals surface area contributed by atoms with Crippen LogP contribution in [-0.2, 0) is 14.8 Å². The highest BCUT2D eigenvalue weighted by molar-refractivity contribution is 7.90. The average Bonchev–Trinajstić information content (AvgIpc) is 2.95. The van der Waals surface area contributed by atoms with Crippen molar-refractivity contribution in [2.75, 3.05) is 12.4 Å². The van der Waals surface area contributed by atoms with Gasteiger partial charge in [0.25, 0.3) is 0 Å². The first kappa shape index (κ1) is 30.3. The fourth-order valence-electron chi connectivity index (χ4n) is 4.56. The van der Waals surface area contributed by atoms with Gasteiger partial charge in [0.15, 0.2) is 0 Å². The number of ether oxygens (including phenoxy) is 3. The molecule has 10 heteroatoms. The van der Waals surface area contributed by atoms with Gasteiger partial charge in [-0.05, 0) is 69.0 Å². The van der Waals surface area contributed by atoms with E-state index in [4.69, 9.17) is 14.2 Å². The third kappa shape index (κ3) is 9.19. The van der Waals surface area contributed by atoms with Crippen molar-refractivity contribution in [3.8, 4) is 17.4 Å². The van der Waals surface area contributed by atoms with Gasteiger partial charge >= 0.3 is 0 Å². The number of nitrogens with one attached hydrogen (secondary N) is 1. The summed E-state index contributed by atoms with van der Waals surface area (Å²) in [7, 11) is -3.59. The van der Waals surface area contributed by atoms with Crippen LogP contribution in [0, 0.1) is 6.92 Å². The number of hydrogen-bond donors (Lipinski definition) is 2. The molecule has 2 heterocycles. The fourth-order valence-corrected chi connectivity index (χ4v) is 5.91. The molecule has 4 rings (SSSR count). The number of aromatic nitrogens is 1. The highest BCUT2D eigenvalue weighted by atomic mass is 32.2. The Balaban J connectivity index is 1.32. The van der Waals surface area contributed by atoms with Crippen molar-refractivity contribution >= 4 is 15.9 Å². The van der Waals surface area contributed by atoms with Crippen molar-refractivity contribution in [3.05, 3.63) is 83.8 Å². The molecular weight excluding hydrogens is 544 g/mol. The highest BCUT2D eigenvalue weighted by Crippen LogP contribution is 2.30. The number of rotatable bonds is 9. The molecule has 1 aromatic carbocycles. The number of allylic oxidation sites excluding steroid dienone is 3. The second kappa shape index (κ2) is 12.9. The molecule has 220 valence electrons. The Morgan fingerprint density at radius 3 is 2.61 bits per heavy atom. The van der Waals surface area contributed by atoms with Crippen LogP contribution in [-0.4, -0.2) is 48.5 Å². The Morgan fingerprint density at radius 2 is 1.93 bits per heavy atom. The maximum atomic E-state index is 11.9. The lowest BCUT2D eigenvalue weighted by Crippen LogP contribution is -2.40. The van der Waals surface area contributed by atoms with Crippen LogP contribution in [0.3, 0.4) is 0 Å². The van der Waals surface area contributed by atoms with Gasteiger partial charge in [0, 0.05) is 31.2 Å². The summed E-state index contributed by atoms with van der Waals surface area (Å²) >= 11 is 0. The number of aliphatic hydroxyl groups is 1. The molecule has 0 saturated carbocycles. The molecule has 2 N–H and O–H groups in total. The Labute approximate surface area is 242 Å². The molecule has 1 unspecified atom stereocenters. The lowest BCUT2D eigenvalue weighted by Gasteiger charge is -2.23. The van der Waals surface area contributed by atoms with Crippen molar-refractivity contribution in [1.29, 1.82) is 0 Å². The summed E-state index contributed by atoms with van der Waals surface area (Å²) in [5, 5.41) is 9.86. The van der Waals surface area contributed by atoms with E-state index >= 15 is 0 Å². The molecule has 1 fully saturated rings. The molecule has 2 aromatic rings. The minimum absolute atomic E-state index is 0.0915. The van der Waals surface area contributed by atoms with Crippen LogP contribution < -0.4 is 18.9 Å². The third-order valence-corrected chi connectivity index (χ3v) is 8.25. The maximum Gasteiger partial charge on any atom is 0.235 e. The Bertz CT molecular complexity index is 1420. The Morgan fingerprint density at radius 1 is 1.17 bits per heavy atom. The standard InChI is InChI=1S/C31H38N2O7S/c1-21-9-12-25(39-26-13-10-23(11-14-26)24-19-29(34)33-41(36,37)20-24)7-5-6-8-27(21)40-28-15-16-30(32-22(28)2)38-18-17-31(3,4)35/h5-6,8,10-11,13-16,24-25,35H,1,7,9,12,17-20H2,2-4H3,(H,33,34)/b6-5-,27-8+/t24?,25-/m0/s1. The summed E-state index contributed by atoms with van der Waals surface area (Å²) < 4.78 is 44.0. The van der Waals surface area contributed by atoms with Crippen LogP contribution in [0.25, 0.3) is 0 Å². The quantitative estimate of drug-likeness (QED) is 0.429. The van der Waals surface area contributed by atoms with Crippen LogP contribution in [0.5, 0.6) is 17.4 Å². The minimum atomic E-state index is -3.59. The van der Waals surface area contributed by atoms with Crippen molar-refractivity contribution < 1.29 is 32.5 Å². The summed E-state index contributed by atoms with van der Waals surface area (Å²) in [4.78, 5) is 16.2. The van der Waals surface area contributed by atoms with E-state index in [9.17, 15) is 18.3 Å². The summed E-state index contributed by atoms with van der Waals surface area (Å²) in [6.45, 7) is 9.92. The van der Waals surface area contributed by atoms with Gasteiger partial charge in [-0.3, -0.25) is 9.52 Å². The molecule has 0 spiro atoms. The highest BCUT2D eigenvalue weighted by Gasteiger charge is 2.30. The number of amides is 1. The van der Waals surface area contributed by atoms with E-state index < -0.39 is 21.5 Å². The zero-order valence-corrected chi connectivity index (χ0v) is 24.6. The van der Waals surface area contributed by atoms with E-state index in [1.165, 1.54) is 0 Å². The fraction of sp³-hybridized carbons (Fsp3) is 0.419. The summed E-state index contributed by atoms with van der Waals surface area (Å²) in [6.07, 6.45) is 8.46. The molecule has 0 bridgehead atoms. The van der Waals surface area contributed by atoms with E-state index in [1.54, 1.807) is 19.9 Å². The lowest BCUT2D eigenvalue weighted by atomic mass is 9.97. The van der Waals surface area contributed by atoms with Gasteiger partial charge in [-0.25, -0.2) is 13.4 Å². The Hall–Kier alpha value is -3.63. The van der Waals surface area contributed by atoms with E-state index in [1.807, 2.05) is 60.2 Å². The molecule has 1 aliphatic carbocycles. The predicted octanol–water partition coefficient (Wildman–Crippen LogP) is 4.87. The number of sulfonamides is 1. The number of pyridine rings is 1. The molecule has 2 atom stereocenters. The summed E-state index contributed by atoms with van der Waals surface area (Å²) in [5.41, 5.74) is 1.51. The zero-order valence-electron chi connectivity index (χ0n) is 23.8. The monoisotopic (exact) mass is 582 g/mol. The van der Waals surface area contributed by atoms with Gasteiger partial charge in [0.2, 0.25) is 21.8 Å². The van der Waals surface area contributed by atoms with E-state index in [-0.39, 0.29) is 24.2 Å². The molecule has 1 aromatic heterocycles. The molecule has 9 nitrogen and oxygen atoms in total. The van der Waals surface area contributed by atoms with E-state index in [0.717, 1.165) is 17.6 Å². The number of hydrogen-bond acceptors (Lipinski definition) is 8. The maximum absolute atomic E-state index is 11.9. The molecular formula is C31H38N2O7S. The molecule has 41 heavy (non-hydrogen) atoms. The van der Waals surface area contributed by atoms with Crippen molar-refractivity contribution in [1.82, 2.24) is 9.71 Å². The topological polar surface area (TPSA) is 124 Å². The first-order valence-electron chi connectivity index (χ1n) is 13.7. The third-order valence-electron chi connectivity index (χ3n) is 6.87. The minimum Gasteiger partial charge on any atom is -0.490 e. The van der Waals surface area contributed by atoms with Crippen LogP contribution >= 0.6 is 0 Å². The predicted molar refractivity (Wildman–Crippen MR) is 156 cm³/mol. The summed E-state index contributed by atoms with van der Waals surface area (Å²) in [6, 6.07) is 10.9. The molecule has 0 radical (unpaired) electrons. The number of aryl methyl sites for hydroxylation is 1. The van der Waals surface area contributed by atoms with Crippen molar-refractivity contribution in [3.63, 3.8) is 0 Å². The number of nitrogens with zero attached hydrogens (tertiary/aromatic N) is 1. The average molecular weight is 583 g/mol. The van der Waals surface area contributed by atoms with Crippen molar-refractivity contribution in [2.24, 2.45) is 0 Å². The number of carbonyl (C=O) groups is 1. The molecule has 1 aliphatic heterocycles. The van der Waals surface area contributed by atoms with Gasteiger partial charge in [0.05, 0.1) is 23.7 Å². The van der Waals surface area contributed by atoms with Gasteiger partial charge in [-0.1, -0.05) is 30.9 Å². The summed E-state index contributed by atoms with van der Waals surface area (Å²) in [5.74, 6) is 1.45. The zero-order chi connectivity index (χ0) is 29.6. The Kier molecular flexibility index (Phi) is 9.55. The molecule has 2 aliphatic rings. The van der Waals surface area contributed by atoms with Gasteiger partial charge in [0.1, 0.15) is 23.4 Å². The number of carbonyl (C=O) groups excluding carboxylic acids is 1. The smallest absolute Gasteiger partial charge is 0.235 e.